The minimum atomic E-state index is -3.42. The van der Waals surface area contributed by atoms with E-state index in [0.717, 1.165) is 6.42 Å². The van der Waals surface area contributed by atoms with Gasteiger partial charge in [0.25, 0.3) is 10.0 Å². The molecule has 0 spiro atoms. The lowest BCUT2D eigenvalue weighted by Gasteiger charge is -2.15. The highest BCUT2D eigenvalue weighted by Crippen LogP contribution is 2.19. The third-order valence-electron chi connectivity index (χ3n) is 3.31. The molecule has 0 atom stereocenters. The molecule has 1 amide bonds. The smallest absolute Gasteiger partial charge is 0.252 e. The summed E-state index contributed by atoms with van der Waals surface area (Å²) in [6.07, 6.45) is 1.66. The number of thiophene rings is 2. The third-order valence-corrected chi connectivity index (χ3v) is 7.48. The average molecular weight is 373 g/mol. The first kappa shape index (κ1) is 18.1. The van der Waals surface area contributed by atoms with Gasteiger partial charge < -0.3 is 5.32 Å². The van der Waals surface area contributed by atoms with Crippen molar-refractivity contribution in [3.63, 3.8) is 0 Å². The molecule has 0 unspecified atom stereocenters. The monoisotopic (exact) mass is 372 g/mol. The molecule has 2 heterocycles. The number of carbonyl (C=O) groups is 1. The molecule has 2 aromatic heterocycles. The van der Waals surface area contributed by atoms with Crippen molar-refractivity contribution in [3.8, 4) is 0 Å². The van der Waals surface area contributed by atoms with E-state index in [2.05, 4.69) is 5.32 Å². The zero-order valence-electron chi connectivity index (χ0n) is 12.9. The maximum atomic E-state index is 12.2. The van der Waals surface area contributed by atoms with Crippen molar-refractivity contribution >= 4 is 38.6 Å². The zero-order valence-corrected chi connectivity index (χ0v) is 15.3. The van der Waals surface area contributed by atoms with Gasteiger partial charge >= 0.3 is 0 Å². The van der Waals surface area contributed by atoms with Crippen LogP contribution < -0.4 is 5.32 Å². The maximum Gasteiger partial charge on any atom is 0.252 e. The number of amides is 1. The van der Waals surface area contributed by atoms with Crippen LogP contribution in [0.3, 0.4) is 0 Å². The average Bonchev–Trinajstić information content (AvgIpc) is 3.20. The fourth-order valence-corrected chi connectivity index (χ4v) is 5.13. The number of carbonyl (C=O) groups excluding carboxylic acids is 1. The van der Waals surface area contributed by atoms with Gasteiger partial charge in [-0.05, 0) is 35.7 Å². The van der Waals surface area contributed by atoms with Crippen LogP contribution in [0.25, 0.3) is 0 Å². The Labute approximate surface area is 145 Å². The van der Waals surface area contributed by atoms with E-state index >= 15 is 0 Å². The van der Waals surface area contributed by atoms with Crippen LogP contribution in [-0.4, -0.2) is 38.8 Å². The molecule has 5 nitrogen and oxygen atoms in total. The Morgan fingerprint density at radius 1 is 1.22 bits per heavy atom. The second-order valence-electron chi connectivity index (χ2n) is 5.04. The molecule has 23 heavy (non-hydrogen) atoms. The predicted octanol–water partition coefficient (Wildman–Crippen LogP) is 2.57. The fourth-order valence-electron chi connectivity index (χ4n) is 2.01. The molecular formula is C15H20N2O3S3. The van der Waals surface area contributed by atoms with Crippen LogP contribution in [0.4, 0.5) is 0 Å². The highest BCUT2D eigenvalue weighted by molar-refractivity contribution is 7.91. The maximum absolute atomic E-state index is 12.2. The van der Waals surface area contributed by atoms with Gasteiger partial charge in [0.2, 0.25) is 5.91 Å². The Balaban J connectivity index is 1.67. The lowest BCUT2D eigenvalue weighted by atomic mass is 10.3. The van der Waals surface area contributed by atoms with Crippen molar-refractivity contribution in [1.29, 1.82) is 0 Å². The molecule has 0 fully saturated rings. The summed E-state index contributed by atoms with van der Waals surface area (Å²) in [7, 11) is -1.87. The van der Waals surface area contributed by atoms with Gasteiger partial charge in [0.05, 0.1) is 0 Å². The molecule has 1 N–H and O–H groups in total. The van der Waals surface area contributed by atoms with Gasteiger partial charge in [-0.3, -0.25) is 4.79 Å². The van der Waals surface area contributed by atoms with Gasteiger partial charge in [0, 0.05) is 31.4 Å². The van der Waals surface area contributed by atoms with Crippen molar-refractivity contribution in [2.75, 3.05) is 20.1 Å². The lowest BCUT2D eigenvalue weighted by molar-refractivity contribution is -0.121. The Morgan fingerprint density at radius 2 is 1.96 bits per heavy atom. The summed E-state index contributed by atoms with van der Waals surface area (Å²) in [5.74, 6) is -0.0384. The largest absolute Gasteiger partial charge is 0.356 e. The van der Waals surface area contributed by atoms with E-state index in [-0.39, 0.29) is 5.91 Å². The molecule has 0 bridgehead atoms. The Hall–Kier alpha value is -1.22. The summed E-state index contributed by atoms with van der Waals surface area (Å²) < 4.78 is 26.1. The van der Waals surface area contributed by atoms with Crippen molar-refractivity contribution < 1.29 is 13.2 Å². The highest BCUT2D eigenvalue weighted by atomic mass is 32.2. The topological polar surface area (TPSA) is 66.5 Å². The van der Waals surface area contributed by atoms with Gasteiger partial charge in [-0.15, -0.1) is 22.7 Å². The number of sulfonamides is 1. The quantitative estimate of drug-likeness (QED) is 0.736. The summed E-state index contributed by atoms with van der Waals surface area (Å²) >= 11 is 2.87. The van der Waals surface area contributed by atoms with E-state index in [9.17, 15) is 13.2 Å². The molecule has 2 rings (SSSR count). The molecule has 0 aromatic carbocycles. The molecule has 2 aromatic rings. The molecule has 0 radical (unpaired) electrons. The molecule has 0 aliphatic carbocycles. The summed E-state index contributed by atoms with van der Waals surface area (Å²) in [5, 5.41) is 6.62. The van der Waals surface area contributed by atoms with Gasteiger partial charge in [0.15, 0.2) is 0 Å². The summed E-state index contributed by atoms with van der Waals surface area (Å²) in [6.45, 7) is 0.946. The Morgan fingerprint density at radius 3 is 2.61 bits per heavy atom. The van der Waals surface area contributed by atoms with Gasteiger partial charge in [-0.1, -0.05) is 12.1 Å². The van der Waals surface area contributed by atoms with E-state index in [4.69, 9.17) is 0 Å². The third kappa shape index (κ3) is 5.42. The second-order valence-corrected chi connectivity index (χ2v) is 9.29. The molecule has 0 aliphatic rings. The molecule has 0 saturated heterocycles. The first-order valence-electron chi connectivity index (χ1n) is 7.29. The summed E-state index contributed by atoms with van der Waals surface area (Å²) in [5.41, 5.74) is 0. The van der Waals surface area contributed by atoms with Gasteiger partial charge in [-0.2, -0.15) is 0 Å². The van der Waals surface area contributed by atoms with Crippen LogP contribution in [0.15, 0.2) is 39.2 Å². The van der Waals surface area contributed by atoms with Crippen LogP contribution in [0.2, 0.25) is 0 Å². The molecule has 8 heteroatoms. The second kappa shape index (κ2) is 8.58. The van der Waals surface area contributed by atoms with E-state index < -0.39 is 10.0 Å². The van der Waals surface area contributed by atoms with Gasteiger partial charge in [-0.25, -0.2) is 12.7 Å². The Bertz CT molecular complexity index is 694. The van der Waals surface area contributed by atoms with Crippen LogP contribution in [0, 0.1) is 0 Å². The van der Waals surface area contributed by atoms with Crippen LogP contribution in [0.5, 0.6) is 0 Å². The summed E-state index contributed by atoms with van der Waals surface area (Å²) in [6, 6.07) is 7.34. The number of hydrogen-bond donors (Lipinski definition) is 1. The van der Waals surface area contributed by atoms with Gasteiger partial charge in [0.1, 0.15) is 4.21 Å². The van der Waals surface area contributed by atoms with Crippen LogP contribution >= 0.6 is 22.7 Å². The molecule has 0 aliphatic heterocycles. The zero-order chi connectivity index (χ0) is 16.7. The van der Waals surface area contributed by atoms with E-state index in [0.29, 0.717) is 30.1 Å². The Kier molecular flexibility index (Phi) is 6.76. The predicted molar refractivity (Wildman–Crippen MR) is 94.4 cm³/mol. The number of hydrogen-bond acceptors (Lipinski definition) is 5. The number of nitrogens with one attached hydrogen (secondary N) is 1. The van der Waals surface area contributed by atoms with Crippen LogP contribution in [-0.2, 0) is 21.2 Å². The van der Waals surface area contributed by atoms with Crippen molar-refractivity contribution in [2.45, 2.75) is 23.5 Å². The standard InChI is InChI=1S/C15H20N2O3S3/c1-17(23(19,20)15-7-4-12-22-15)10-2-6-14(18)16-9-8-13-5-3-11-21-13/h3-5,7,11-12H,2,6,8-10H2,1H3,(H,16,18). The molecule has 0 saturated carbocycles. The van der Waals surface area contributed by atoms with Crippen molar-refractivity contribution in [3.05, 3.63) is 39.9 Å². The fraction of sp³-hybridized carbons (Fsp3) is 0.400. The highest BCUT2D eigenvalue weighted by Gasteiger charge is 2.21. The lowest BCUT2D eigenvalue weighted by Crippen LogP contribution is -2.29. The normalized spacial score (nSPS) is 11.7. The first-order valence-corrected chi connectivity index (χ1v) is 10.5. The molecule has 126 valence electrons. The SMILES string of the molecule is CN(CCCC(=O)NCCc1cccs1)S(=O)(=O)c1cccs1. The molecular weight excluding hydrogens is 352 g/mol. The van der Waals surface area contributed by atoms with E-state index in [1.165, 1.54) is 20.5 Å². The first-order chi connectivity index (χ1) is 11.0. The summed E-state index contributed by atoms with van der Waals surface area (Å²) in [4.78, 5) is 13.0. The number of nitrogens with zero attached hydrogens (tertiary/aromatic N) is 1. The van der Waals surface area contributed by atoms with Crippen LogP contribution in [0.1, 0.15) is 17.7 Å². The number of rotatable bonds is 9. The van der Waals surface area contributed by atoms with Crippen molar-refractivity contribution in [1.82, 2.24) is 9.62 Å². The van der Waals surface area contributed by atoms with E-state index in [1.807, 2.05) is 17.5 Å². The van der Waals surface area contributed by atoms with E-state index in [1.54, 1.807) is 35.9 Å². The van der Waals surface area contributed by atoms with Crippen molar-refractivity contribution in [2.24, 2.45) is 0 Å². The minimum Gasteiger partial charge on any atom is -0.356 e. The minimum absolute atomic E-state index is 0.0384.